The molecule has 0 saturated carbocycles. The molecular formula is C41H70O4. The zero-order valence-corrected chi connectivity index (χ0v) is 29.4. The van der Waals surface area contributed by atoms with Crippen molar-refractivity contribution in [1.29, 1.82) is 0 Å². The number of allylic oxidation sites excluding steroid dienone is 12. The van der Waals surface area contributed by atoms with Crippen molar-refractivity contribution in [3.63, 3.8) is 0 Å². The molecule has 45 heavy (non-hydrogen) atoms. The third-order valence-corrected chi connectivity index (χ3v) is 7.52. The van der Waals surface area contributed by atoms with Crippen LogP contribution in [0.15, 0.2) is 72.9 Å². The molecule has 0 aromatic heterocycles. The van der Waals surface area contributed by atoms with Crippen LogP contribution in [0.5, 0.6) is 0 Å². The van der Waals surface area contributed by atoms with Gasteiger partial charge in [0.15, 0.2) is 0 Å². The van der Waals surface area contributed by atoms with E-state index >= 15 is 0 Å². The van der Waals surface area contributed by atoms with Crippen molar-refractivity contribution >= 4 is 5.97 Å². The van der Waals surface area contributed by atoms with E-state index in [1.807, 2.05) is 0 Å². The molecule has 1 N–H and O–H groups in total. The van der Waals surface area contributed by atoms with Gasteiger partial charge >= 0.3 is 5.97 Å². The Hall–Kier alpha value is -2.17. The minimum atomic E-state index is -0.548. The normalized spacial score (nSPS) is 13.2. The Kier molecular flexibility index (Phi) is 36.2. The van der Waals surface area contributed by atoms with E-state index in [-0.39, 0.29) is 19.2 Å². The third kappa shape index (κ3) is 36.2. The van der Waals surface area contributed by atoms with Crippen molar-refractivity contribution in [3.8, 4) is 0 Å². The maximum Gasteiger partial charge on any atom is 0.306 e. The van der Waals surface area contributed by atoms with Crippen LogP contribution in [0, 0.1) is 0 Å². The summed E-state index contributed by atoms with van der Waals surface area (Å²) in [5, 5.41) is 9.54. The second-order valence-electron chi connectivity index (χ2n) is 11.9. The van der Waals surface area contributed by atoms with Gasteiger partial charge in [-0.15, -0.1) is 0 Å². The molecule has 258 valence electrons. The molecule has 0 radical (unpaired) electrons. The molecule has 0 fully saturated rings. The fraction of sp³-hybridized carbons (Fsp3) is 0.683. The first-order chi connectivity index (χ1) is 22.2. The average molecular weight is 627 g/mol. The number of rotatable bonds is 33. The van der Waals surface area contributed by atoms with Gasteiger partial charge in [0.05, 0.1) is 13.2 Å². The minimum Gasteiger partial charge on any atom is -0.457 e. The van der Waals surface area contributed by atoms with Crippen LogP contribution in [0.2, 0.25) is 0 Å². The van der Waals surface area contributed by atoms with Crippen LogP contribution >= 0.6 is 0 Å². The van der Waals surface area contributed by atoms with E-state index in [1.165, 1.54) is 57.8 Å². The Labute approximate surface area is 278 Å². The van der Waals surface area contributed by atoms with Gasteiger partial charge in [-0.2, -0.15) is 0 Å². The first-order valence-electron chi connectivity index (χ1n) is 18.5. The molecule has 0 aliphatic carbocycles. The number of unbranched alkanes of at least 4 members (excludes halogenated alkanes) is 13. The molecule has 0 aliphatic rings. The van der Waals surface area contributed by atoms with E-state index in [4.69, 9.17) is 9.47 Å². The first kappa shape index (κ1) is 42.8. The van der Waals surface area contributed by atoms with Gasteiger partial charge in [0, 0.05) is 13.0 Å². The van der Waals surface area contributed by atoms with Gasteiger partial charge in [-0.1, -0.05) is 145 Å². The summed E-state index contributed by atoms with van der Waals surface area (Å²) in [6.07, 6.45) is 50.9. The second-order valence-corrected chi connectivity index (χ2v) is 11.9. The van der Waals surface area contributed by atoms with Crippen molar-refractivity contribution in [2.75, 3.05) is 19.8 Å². The monoisotopic (exact) mass is 627 g/mol. The lowest BCUT2D eigenvalue weighted by molar-refractivity contribution is -0.154. The molecule has 0 aliphatic heterocycles. The standard InChI is InChI=1S/C41H70O4/c1-3-5-7-9-11-13-15-16-17-18-19-20-21-22-23-24-25-27-29-31-33-35-37-44-39-40(38-42)45-41(43)36-34-32-30-28-26-14-12-10-8-6-4-2/h5,7,10-13,16-17,19-20,22-23,40,42H,3-4,6,8-9,14-15,18,21,24-39H2,1-2H3/b7-5-,12-10-,13-11-,17-16-,20-19-,23-22-. The van der Waals surface area contributed by atoms with Crippen LogP contribution in [0.25, 0.3) is 0 Å². The Morgan fingerprint density at radius 3 is 1.53 bits per heavy atom. The quantitative estimate of drug-likeness (QED) is 0.0447. The van der Waals surface area contributed by atoms with Crippen LogP contribution in [-0.2, 0) is 14.3 Å². The average Bonchev–Trinajstić information content (AvgIpc) is 3.05. The van der Waals surface area contributed by atoms with Gasteiger partial charge < -0.3 is 14.6 Å². The van der Waals surface area contributed by atoms with Gasteiger partial charge in [-0.05, 0) is 77.0 Å². The molecule has 0 spiro atoms. The Bertz CT molecular complexity index is 789. The lowest BCUT2D eigenvalue weighted by Crippen LogP contribution is -2.27. The van der Waals surface area contributed by atoms with Crippen molar-refractivity contribution in [3.05, 3.63) is 72.9 Å². The van der Waals surface area contributed by atoms with Gasteiger partial charge in [0.2, 0.25) is 0 Å². The SMILES string of the molecule is CC/C=C\C/C=C\C/C=C\C/C=C\C/C=C\CCCCCCCCOCC(CO)OC(=O)CCCCCCC/C=C\CCCC. The third-order valence-electron chi connectivity index (χ3n) is 7.52. The van der Waals surface area contributed by atoms with Crippen molar-refractivity contribution in [2.45, 2.75) is 161 Å². The molecule has 1 unspecified atom stereocenters. The smallest absolute Gasteiger partial charge is 0.306 e. The van der Waals surface area contributed by atoms with Crippen LogP contribution in [0.1, 0.15) is 155 Å². The van der Waals surface area contributed by atoms with Gasteiger partial charge in [-0.3, -0.25) is 4.79 Å². The highest BCUT2D eigenvalue weighted by molar-refractivity contribution is 5.69. The number of aliphatic hydroxyl groups is 1. The predicted molar refractivity (Wildman–Crippen MR) is 196 cm³/mol. The van der Waals surface area contributed by atoms with E-state index < -0.39 is 6.10 Å². The summed E-state index contributed by atoms with van der Waals surface area (Å²) in [6.45, 7) is 5.13. The summed E-state index contributed by atoms with van der Waals surface area (Å²) >= 11 is 0. The predicted octanol–water partition coefficient (Wildman–Crippen LogP) is 11.9. The molecule has 0 heterocycles. The molecule has 0 rings (SSSR count). The number of ether oxygens (including phenoxy) is 2. The molecule has 0 aromatic rings. The second kappa shape index (κ2) is 38.0. The molecule has 0 amide bonds. The van der Waals surface area contributed by atoms with E-state index in [9.17, 15) is 9.90 Å². The van der Waals surface area contributed by atoms with Crippen molar-refractivity contribution in [2.24, 2.45) is 0 Å². The van der Waals surface area contributed by atoms with E-state index in [2.05, 4.69) is 86.8 Å². The highest BCUT2D eigenvalue weighted by Crippen LogP contribution is 2.11. The lowest BCUT2D eigenvalue weighted by atomic mass is 10.1. The summed E-state index contributed by atoms with van der Waals surface area (Å²) in [6, 6.07) is 0. The largest absolute Gasteiger partial charge is 0.457 e. The summed E-state index contributed by atoms with van der Waals surface area (Å²) in [7, 11) is 0. The fourth-order valence-corrected chi connectivity index (χ4v) is 4.75. The number of aliphatic hydroxyl groups excluding tert-OH is 1. The Morgan fingerprint density at radius 2 is 1.00 bits per heavy atom. The van der Waals surface area contributed by atoms with Gasteiger partial charge in [0.1, 0.15) is 6.10 Å². The summed E-state index contributed by atoms with van der Waals surface area (Å²) in [5.41, 5.74) is 0. The van der Waals surface area contributed by atoms with Crippen LogP contribution < -0.4 is 0 Å². The van der Waals surface area contributed by atoms with Crippen LogP contribution in [0.3, 0.4) is 0 Å². The van der Waals surface area contributed by atoms with Crippen LogP contribution in [0.4, 0.5) is 0 Å². The summed E-state index contributed by atoms with van der Waals surface area (Å²) < 4.78 is 11.1. The number of hydrogen-bond donors (Lipinski definition) is 1. The topological polar surface area (TPSA) is 55.8 Å². The van der Waals surface area contributed by atoms with E-state index in [0.29, 0.717) is 13.0 Å². The molecule has 1 atom stereocenters. The molecule has 0 bridgehead atoms. The fourth-order valence-electron chi connectivity index (χ4n) is 4.75. The van der Waals surface area contributed by atoms with Gasteiger partial charge in [0.25, 0.3) is 0 Å². The Morgan fingerprint density at radius 1 is 0.556 bits per heavy atom. The van der Waals surface area contributed by atoms with E-state index in [1.54, 1.807) is 0 Å². The molecular weight excluding hydrogens is 556 g/mol. The number of carbonyl (C=O) groups excluding carboxylic acids is 1. The first-order valence-corrected chi connectivity index (χ1v) is 18.5. The lowest BCUT2D eigenvalue weighted by Gasteiger charge is -2.15. The van der Waals surface area contributed by atoms with Crippen molar-refractivity contribution in [1.82, 2.24) is 0 Å². The highest BCUT2D eigenvalue weighted by atomic mass is 16.6. The zero-order chi connectivity index (χ0) is 32.7. The molecule has 0 saturated heterocycles. The van der Waals surface area contributed by atoms with E-state index in [0.717, 1.165) is 77.0 Å². The van der Waals surface area contributed by atoms with Gasteiger partial charge in [-0.25, -0.2) is 0 Å². The highest BCUT2D eigenvalue weighted by Gasteiger charge is 2.13. The Balaban J connectivity index is 3.52. The summed E-state index contributed by atoms with van der Waals surface area (Å²) in [5.74, 6) is -0.221. The molecule has 4 heteroatoms. The minimum absolute atomic E-state index is 0.185. The molecule has 0 aromatic carbocycles. The maximum absolute atomic E-state index is 12.1. The zero-order valence-electron chi connectivity index (χ0n) is 29.4. The molecule has 4 nitrogen and oxygen atoms in total. The summed E-state index contributed by atoms with van der Waals surface area (Å²) in [4.78, 5) is 12.1. The maximum atomic E-state index is 12.1. The number of hydrogen-bond acceptors (Lipinski definition) is 4. The number of carbonyl (C=O) groups is 1. The van der Waals surface area contributed by atoms with Crippen molar-refractivity contribution < 1.29 is 19.4 Å². The number of esters is 1. The van der Waals surface area contributed by atoms with Crippen LogP contribution in [-0.4, -0.2) is 37.0 Å².